The van der Waals surface area contributed by atoms with Crippen LogP contribution in [-0.2, 0) is 10.8 Å². The zero-order chi connectivity index (χ0) is 66.8. The molecule has 528 valence electrons. The van der Waals surface area contributed by atoms with Crippen molar-refractivity contribution in [2.24, 2.45) is 0 Å². The number of hydrogen-bond donors (Lipinski definition) is 0. The van der Waals surface area contributed by atoms with Gasteiger partial charge in [-0.3, -0.25) is 0 Å². The minimum absolute atomic E-state index is 0.0811. The Morgan fingerprint density at radius 2 is 0.594 bits per heavy atom. The number of fused-ring (bicyclic) bond motifs is 13. The highest BCUT2D eigenvalue weighted by Crippen LogP contribution is 2.64. The third kappa shape index (κ3) is 18.9. The van der Waals surface area contributed by atoms with Crippen molar-refractivity contribution < 1.29 is 0 Å². The summed E-state index contributed by atoms with van der Waals surface area (Å²) >= 11 is 6.95. The van der Waals surface area contributed by atoms with Crippen LogP contribution in [0.1, 0.15) is 418 Å². The van der Waals surface area contributed by atoms with E-state index in [0.717, 1.165) is 11.0 Å². The van der Waals surface area contributed by atoms with E-state index in [0.29, 0.717) is 5.92 Å². The smallest absolute Gasteiger partial charge is 0.114 e. The average molecular weight is 1370 g/mol. The van der Waals surface area contributed by atoms with Crippen LogP contribution in [0.4, 0.5) is 0 Å². The quantitative estimate of drug-likeness (QED) is 0.0357. The van der Waals surface area contributed by atoms with Crippen LogP contribution in [0, 0.1) is 13.8 Å². The van der Waals surface area contributed by atoms with Gasteiger partial charge in [-0.25, -0.2) is 0 Å². The molecule has 7 aromatic rings. The number of benzene rings is 3. The highest BCUT2D eigenvalue weighted by molar-refractivity contribution is 7.24. The number of thiophene rings is 2. The van der Waals surface area contributed by atoms with Crippen molar-refractivity contribution in [2.45, 2.75) is 399 Å². The van der Waals surface area contributed by atoms with Gasteiger partial charge in [0, 0.05) is 52.9 Å². The molecule has 1 unspecified atom stereocenters. The third-order valence-electron chi connectivity index (χ3n) is 23.9. The van der Waals surface area contributed by atoms with Gasteiger partial charge in [0.05, 0.1) is 23.5 Å². The van der Waals surface area contributed by atoms with Gasteiger partial charge in [-0.05, 0) is 120 Å². The zero-order valence-corrected chi connectivity index (χ0v) is 65.5. The topological polar surface area (TPSA) is 51.6 Å². The van der Waals surface area contributed by atoms with Gasteiger partial charge in [-0.2, -0.15) is 17.5 Å². The Morgan fingerprint density at radius 3 is 0.969 bits per heavy atom. The van der Waals surface area contributed by atoms with Gasteiger partial charge in [-0.15, -0.1) is 22.7 Å². The molecule has 3 aliphatic rings. The van der Waals surface area contributed by atoms with E-state index in [4.69, 9.17) is 17.5 Å². The molecule has 0 N–H and O–H groups in total. The maximum atomic E-state index is 5.55. The lowest BCUT2D eigenvalue weighted by Crippen LogP contribution is -2.27. The summed E-state index contributed by atoms with van der Waals surface area (Å²) in [5, 5.41) is 0. The summed E-state index contributed by atoms with van der Waals surface area (Å²) in [5.41, 5.74) is 22.3. The molecule has 0 saturated heterocycles. The molecule has 0 amide bonds. The van der Waals surface area contributed by atoms with Crippen LogP contribution in [0.2, 0.25) is 0 Å². The highest BCUT2D eigenvalue weighted by atomic mass is 32.1. The molecule has 0 saturated carbocycles. The Kier molecular flexibility index (Phi) is 31.2. The summed E-state index contributed by atoms with van der Waals surface area (Å²) in [4.78, 5) is 5.82. The van der Waals surface area contributed by atoms with Gasteiger partial charge in [-0.1, -0.05) is 349 Å². The van der Waals surface area contributed by atoms with Crippen molar-refractivity contribution in [1.82, 2.24) is 17.5 Å². The molecule has 0 fully saturated rings. The second-order valence-electron chi connectivity index (χ2n) is 31.3. The molecule has 0 spiro atoms. The summed E-state index contributed by atoms with van der Waals surface area (Å²) < 4.78 is 21.5. The first-order chi connectivity index (χ1) is 47.3. The lowest BCUT2D eigenvalue weighted by atomic mass is 9.68. The van der Waals surface area contributed by atoms with Gasteiger partial charge < -0.3 is 0 Å². The first-order valence-electron chi connectivity index (χ1n) is 41.3. The second kappa shape index (κ2) is 39.8. The van der Waals surface area contributed by atoms with Gasteiger partial charge in [0.1, 0.15) is 22.1 Å². The molecule has 0 radical (unpaired) electrons. The maximum absolute atomic E-state index is 5.55. The van der Waals surface area contributed by atoms with Crippen LogP contribution in [0.25, 0.3) is 64.5 Å². The van der Waals surface area contributed by atoms with Gasteiger partial charge >= 0.3 is 0 Å². The minimum atomic E-state index is -0.130. The number of aromatic nitrogens is 4. The molecule has 96 heavy (non-hydrogen) atoms. The van der Waals surface area contributed by atoms with E-state index in [1.54, 1.807) is 22.3 Å². The first-order valence-corrected chi connectivity index (χ1v) is 44.4. The molecule has 8 heteroatoms. The average Bonchev–Trinajstić information content (AvgIpc) is 1.52. The van der Waals surface area contributed by atoms with E-state index in [2.05, 4.69) is 84.9 Å². The lowest BCUT2D eigenvalue weighted by molar-refractivity contribution is 0.393. The first kappa shape index (κ1) is 75.4. The Labute approximate surface area is 603 Å². The van der Waals surface area contributed by atoms with E-state index in [1.807, 2.05) is 22.7 Å². The Hall–Kier alpha value is -3.30. The molecule has 4 aromatic heterocycles. The Balaban J connectivity index is 1.02. The predicted octanol–water partition coefficient (Wildman–Crippen LogP) is 31.1. The van der Waals surface area contributed by atoms with Crippen molar-refractivity contribution in [2.75, 3.05) is 0 Å². The molecular weight excluding hydrogens is 1240 g/mol. The fraction of sp³-hybridized carbons (Fsp3) is 0.705. The van der Waals surface area contributed by atoms with Crippen molar-refractivity contribution in [3.05, 3.63) is 80.2 Å². The summed E-state index contributed by atoms with van der Waals surface area (Å²) in [6, 6.07) is 16.2. The third-order valence-corrected chi connectivity index (χ3v) is 27.4. The van der Waals surface area contributed by atoms with Crippen LogP contribution in [-0.4, -0.2) is 17.5 Å². The predicted molar refractivity (Wildman–Crippen MR) is 427 cm³/mol. The van der Waals surface area contributed by atoms with Crippen LogP contribution in [0.15, 0.2) is 36.4 Å². The monoisotopic (exact) mass is 1370 g/mol. The minimum Gasteiger partial charge on any atom is -0.173 e. The number of unbranched alkanes of at least 4 members (excludes halogenated alkanes) is 44. The van der Waals surface area contributed by atoms with Crippen molar-refractivity contribution in [3.63, 3.8) is 0 Å². The SMILES string of the molecule is CCCCCCCCCCCCCCC1(CCCCCCCCCCCCCC)c2cc3c(cc2-c2c1cc(C)c1nsnc21)C(CCCCCCCCCCCCCC)(CCCCCCCCCCCCCC)c1cc(-c2cc4c(s2)-c2sc(C)cc2C4C)c2nsnc2c1-3. The van der Waals surface area contributed by atoms with Crippen LogP contribution in [0.3, 0.4) is 0 Å². The normalized spacial score (nSPS) is 14.8. The summed E-state index contributed by atoms with van der Waals surface area (Å²) in [7, 11) is 0. The Morgan fingerprint density at radius 1 is 0.302 bits per heavy atom. The summed E-state index contributed by atoms with van der Waals surface area (Å²) in [6.07, 6.45) is 70.9. The molecule has 4 nitrogen and oxygen atoms in total. The number of aryl methyl sites for hydroxylation is 2. The molecule has 10 rings (SSSR count). The van der Waals surface area contributed by atoms with Crippen LogP contribution >= 0.6 is 46.1 Å². The van der Waals surface area contributed by atoms with E-state index < -0.39 is 0 Å². The van der Waals surface area contributed by atoms with E-state index in [-0.39, 0.29) is 10.8 Å². The molecule has 3 aromatic carbocycles. The fourth-order valence-electron chi connectivity index (χ4n) is 18.3. The second-order valence-corrected chi connectivity index (χ2v) is 34.7. The summed E-state index contributed by atoms with van der Waals surface area (Å²) in [5.74, 6) is 0.418. The van der Waals surface area contributed by atoms with Crippen LogP contribution < -0.4 is 0 Å². The van der Waals surface area contributed by atoms with Gasteiger partial charge in [0.2, 0.25) is 0 Å². The van der Waals surface area contributed by atoms with Gasteiger partial charge in [0.25, 0.3) is 0 Å². The zero-order valence-electron chi connectivity index (χ0n) is 62.2. The standard InChI is InChI=1S/C88H132N4S4/c1-8-12-16-20-24-28-32-36-40-44-48-52-56-87(57-53-49-45-41-37-33-29-25-21-17-13-9-2)74-63-72-75(62-71(74)79-76(87)60-66(5)81-83(79)91-95-89-81)88(58-54-50-46-42-38-34-30-26-22-18-14-10-3,59-55-51-47-43-39-35-31-27-23-19-15-11-4)77-64-73(82-84(80(72)77)92-96-90-82)78-65-70-68(7)69-61-67(6)93-85(69)86(70)94-78/h60-65,68H,8-59H2,1-7H3. The molecule has 3 aliphatic carbocycles. The molecule has 4 heterocycles. The fourth-order valence-corrected chi connectivity index (χ4v) is 22.0. The summed E-state index contributed by atoms with van der Waals surface area (Å²) in [6.45, 7) is 16.4. The molecule has 0 bridgehead atoms. The molecule has 1 atom stereocenters. The highest BCUT2D eigenvalue weighted by Gasteiger charge is 2.50. The molecular formula is C88H132N4S4. The van der Waals surface area contributed by atoms with Crippen molar-refractivity contribution >= 4 is 68.2 Å². The number of rotatable bonds is 53. The van der Waals surface area contributed by atoms with Gasteiger partial charge in [0.15, 0.2) is 0 Å². The number of hydrogen-bond acceptors (Lipinski definition) is 8. The van der Waals surface area contributed by atoms with E-state index >= 15 is 0 Å². The number of nitrogens with zero attached hydrogens (tertiary/aromatic N) is 4. The van der Waals surface area contributed by atoms with E-state index in [1.165, 1.54) is 432 Å². The lowest BCUT2D eigenvalue weighted by Gasteiger charge is -2.35. The maximum Gasteiger partial charge on any atom is 0.114 e. The van der Waals surface area contributed by atoms with Crippen molar-refractivity contribution in [1.29, 1.82) is 0 Å². The van der Waals surface area contributed by atoms with Crippen LogP contribution in [0.5, 0.6) is 0 Å². The van der Waals surface area contributed by atoms with E-state index in [9.17, 15) is 0 Å². The Bertz CT molecular complexity index is 3350. The molecule has 0 aliphatic heterocycles. The largest absolute Gasteiger partial charge is 0.173 e. The van der Waals surface area contributed by atoms with Crippen molar-refractivity contribution in [3.8, 4) is 42.4 Å².